The maximum absolute atomic E-state index is 12.5. The van der Waals surface area contributed by atoms with Gasteiger partial charge in [0, 0.05) is 16.1 Å². The van der Waals surface area contributed by atoms with Crippen molar-refractivity contribution in [3.63, 3.8) is 0 Å². The second-order valence-electron chi connectivity index (χ2n) is 5.46. The topological polar surface area (TPSA) is 59.3 Å². The normalized spacial score (nSPS) is 10.8. The number of carbonyl (C=O) groups excluding carboxylic acids is 1. The van der Waals surface area contributed by atoms with Crippen molar-refractivity contribution in [2.24, 2.45) is 0 Å². The van der Waals surface area contributed by atoms with Crippen molar-refractivity contribution in [3.8, 4) is 0 Å². The zero-order valence-corrected chi connectivity index (χ0v) is 14.5. The van der Waals surface area contributed by atoms with E-state index in [1.54, 1.807) is 12.1 Å². The van der Waals surface area contributed by atoms with E-state index < -0.39 is 11.5 Å². The second-order valence-corrected chi connectivity index (χ2v) is 6.30. The Bertz CT molecular complexity index is 1020. The van der Waals surface area contributed by atoms with Crippen LogP contribution in [0.5, 0.6) is 0 Å². The molecule has 1 amide bonds. The van der Waals surface area contributed by atoms with Gasteiger partial charge in [0.15, 0.2) is 5.58 Å². The highest BCUT2D eigenvalue weighted by atomic mass is 35.5. The van der Waals surface area contributed by atoms with Crippen LogP contribution in [0.4, 0.5) is 5.69 Å². The Balaban J connectivity index is 2.05. The van der Waals surface area contributed by atoms with Gasteiger partial charge in [-0.25, -0.2) is 4.79 Å². The average Bonchev–Trinajstić information content (AvgIpc) is 2.52. The first-order valence-electron chi connectivity index (χ1n) is 7.17. The molecule has 122 valence electrons. The molecule has 0 aliphatic rings. The van der Waals surface area contributed by atoms with Gasteiger partial charge in [0.05, 0.1) is 5.02 Å². The van der Waals surface area contributed by atoms with Crippen LogP contribution in [0.3, 0.4) is 0 Å². The van der Waals surface area contributed by atoms with Gasteiger partial charge < -0.3 is 9.73 Å². The van der Waals surface area contributed by atoms with Crippen LogP contribution in [0, 0.1) is 13.8 Å². The maximum atomic E-state index is 12.5. The largest absolute Gasteiger partial charge is 0.421 e. The number of amides is 1. The highest BCUT2D eigenvalue weighted by Gasteiger charge is 2.16. The molecule has 3 aromatic rings. The Labute approximate surface area is 148 Å². The number of hydrogen-bond acceptors (Lipinski definition) is 3. The third-order valence-corrected chi connectivity index (χ3v) is 4.35. The number of halogens is 2. The van der Waals surface area contributed by atoms with Crippen molar-refractivity contribution < 1.29 is 9.21 Å². The van der Waals surface area contributed by atoms with Gasteiger partial charge in [-0.15, -0.1) is 0 Å². The van der Waals surface area contributed by atoms with E-state index in [2.05, 4.69) is 5.32 Å². The van der Waals surface area contributed by atoms with Crippen LogP contribution in [0.15, 0.2) is 45.6 Å². The lowest BCUT2D eigenvalue weighted by atomic mass is 10.1. The van der Waals surface area contributed by atoms with Gasteiger partial charge in [-0.1, -0.05) is 35.3 Å². The van der Waals surface area contributed by atoms with Gasteiger partial charge in [0.2, 0.25) is 0 Å². The number of benzene rings is 2. The smallest absolute Gasteiger partial charge is 0.349 e. The summed E-state index contributed by atoms with van der Waals surface area (Å²) in [7, 11) is 0. The monoisotopic (exact) mass is 361 g/mol. The number of anilines is 1. The average molecular weight is 362 g/mol. The third kappa shape index (κ3) is 3.03. The Morgan fingerprint density at radius 3 is 2.62 bits per heavy atom. The molecule has 6 heteroatoms. The van der Waals surface area contributed by atoms with Crippen molar-refractivity contribution in [2.75, 3.05) is 5.32 Å². The molecule has 0 unspecified atom stereocenters. The maximum Gasteiger partial charge on any atom is 0.349 e. The number of fused-ring (bicyclic) bond motifs is 1. The molecule has 0 atom stereocenters. The number of carbonyl (C=O) groups is 1. The van der Waals surface area contributed by atoms with Gasteiger partial charge in [-0.3, -0.25) is 4.79 Å². The van der Waals surface area contributed by atoms with E-state index in [1.165, 1.54) is 12.1 Å². The number of rotatable bonds is 2. The zero-order chi connectivity index (χ0) is 17.4. The van der Waals surface area contributed by atoms with Crippen molar-refractivity contribution in [1.82, 2.24) is 0 Å². The minimum absolute atomic E-state index is 0.110. The molecule has 4 nitrogen and oxygen atoms in total. The first kappa shape index (κ1) is 16.6. The van der Waals surface area contributed by atoms with Crippen LogP contribution in [0.1, 0.15) is 21.5 Å². The summed E-state index contributed by atoms with van der Waals surface area (Å²) in [6, 6.07) is 10.0. The molecule has 0 fully saturated rings. The summed E-state index contributed by atoms with van der Waals surface area (Å²) < 4.78 is 5.18. The van der Waals surface area contributed by atoms with Gasteiger partial charge in [-0.05, 0) is 49.2 Å². The fourth-order valence-corrected chi connectivity index (χ4v) is 2.94. The number of nitrogens with one attached hydrogen (secondary N) is 1. The Hall–Kier alpha value is -2.30. The fraction of sp³-hybridized carbons (Fsp3) is 0.111. The molecular formula is C18H13Cl2NO3. The molecule has 0 aliphatic carbocycles. The Kier molecular flexibility index (Phi) is 4.35. The number of aryl methyl sites for hydroxylation is 1. The Morgan fingerprint density at radius 2 is 1.88 bits per heavy atom. The van der Waals surface area contributed by atoms with E-state index in [0.717, 1.165) is 11.1 Å². The molecule has 1 N–H and O–H groups in total. The highest BCUT2D eigenvalue weighted by Crippen LogP contribution is 2.27. The van der Waals surface area contributed by atoms with Crippen molar-refractivity contribution in [2.45, 2.75) is 13.8 Å². The minimum atomic E-state index is -0.755. The van der Waals surface area contributed by atoms with Gasteiger partial charge in [-0.2, -0.15) is 0 Å². The summed E-state index contributed by atoms with van der Waals surface area (Å²) in [5.41, 5.74) is 1.95. The highest BCUT2D eigenvalue weighted by molar-refractivity contribution is 6.38. The minimum Gasteiger partial charge on any atom is -0.421 e. The summed E-state index contributed by atoms with van der Waals surface area (Å²) in [6.45, 7) is 3.84. The van der Waals surface area contributed by atoms with Crippen molar-refractivity contribution in [3.05, 3.63) is 73.6 Å². The van der Waals surface area contributed by atoms with Crippen LogP contribution in [-0.2, 0) is 0 Å². The van der Waals surface area contributed by atoms with Crippen LogP contribution >= 0.6 is 23.2 Å². The van der Waals surface area contributed by atoms with Crippen molar-refractivity contribution in [1.29, 1.82) is 0 Å². The lowest BCUT2D eigenvalue weighted by Crippen LogP contribution is -2.21. The molecule has 24 heavy (non-hydrogen) atoms. The molecule has 2 aromatic carbocycles. The molecule has 1 aromatic heterocycles. The van der Waals surface area contributed by atoms with Crippen LogP contribution in [0.25, 0.3) is 11.0 Å². The van der Waals surface area contributed by atoms with Crippen LogP contribution < -0.4 is 10.9 Å². The van der Waals surface area contributed by atoms with Crippen molar-refractivity contribution >= 4 is 45.8 Å². The number of hydrogen-bond donors (Lipinski definition) is 1. The second kappa shape index (κ2) is 6.30. The van der Waals surface area contributed by atoms with Gasteiger partial charge in [0.1, 0.15) is 5.56 Å². The molecule has 1 heterocycles. The summed E-state index contributed by atoms with van der Waals surface area (Å²) in [6.07, 6.45) is 0. The van der Waals surface area contributed by atoms with Gasteiger partial charge in [0.25, 0.3) is 5.91 Å². The molecule has 0 aliphatic heterocycles. The molecule has 3 rings (SSSR count). The van der Waals surface area contributed by atoms with E-state index in [-0.39, 0.29) is 16.2 Å². The zero-order valence-electron chi connectivity index (χ0n) is 12.9. The van der Waals surface area contributed by atoms with E-state index in [4.69, 9.17) is 27.6 Å². The predicted octanol–water partition coefficient (Wildman–Crippen LogP) is 4.97. The van der Waals surface area contributed by atoms with E-state index >= 15 is 0 Å². The molecule has 0 saturated carbocycles. The standard InChI is InChI=1S/C18H13Cl2NO3/c1-9-4-3-5-15(10(9)2)21-17(22)13-7-11-6-12(19)8-14(20)16(11)24-18(13)23/h3-8H,1-2H3,(H,21,22). The summed E-state index contributed by atoms with van der Waals surface area (Å²) in [4.78, 5) is 24.6. The van der Waals surface area contributed by atoms with E-state index in [9.17, 15) is 9.59 Å². The van der Waals surface area contributed by atoms with E-state index in [1.807, 2.05) is 26.0 Å². The molecule has 0 saturated heterocycles. The molecular weight excluding hydrogens is 349 g/mol. The molecule has 0 radical (unpaired) electrons. The Morgan fingerprint density at radius 1 is 1.12 bits per heavy atom. The summed E-state index contributed by atoms with van der Waals surface area (Å²) in [5.74, 6) is -0.546. The van der Waals surface area contributed by atoms with Gasteiger partial charge >= 0.3 is 5.63 Å². The lowest BCUT2D eigenvalue weighted by molar-refractivity contribution is 0.102. The molecule has 0 spiro atoms. The quantitative estimate of drug-likeness (QED) is 0.655. The van der Waals surface area contributed by atoms with Crippen LogP contribution in [0.2, 0.25) is 10.0 Å². The predicted molar refractivity (Wildman–Crippen MR) is 96.4 cm³/mol. The third-order valence-electron chi connectivity index (χ3n) is 3.85. The summed E-state index contributed by atoms with van der Waals surface area (Å²) in [5, 5.41) is 3.83. The van der Waals surface area contributed by atoms with Crippen LogP contribution in [-0.4, -0.2) is 5.91 Å². The first-order valence-corrected chi connectivity index (χ1v) is 7.93. The molecule has 0 bridgehead atoms. The lowest BCUT2D eigenvalue weighted by Gasteiger charge is -2.10. The summed E-state index contributed by atoms with van der Waals surface area (Å²) >= 11 is 12.0. The first-order chi connectivity index (χ1) is 11.4. The van der Waals surface area contributed by atoms with E-state index in [0.29, 0.717) is 16.1 Å². The fourth-order valence-electron chi connectivity index (χ4n) is 2.39. The SMILES string of the molecule is Cc1cccc(NC(=O)c2cc3cc(Cl)cc(Cl)c3oc2=O)c1C.